The molecule has 1 aromatic carbocycles. The zero-order valence-electron chi connectivity index (χ0n) is 17.3. The average Bonchev–Trinajstić information content (AvgIpc) is 3.37. The van der Waals surface area contributed by atoms with E-state index in [1.165, 1.54) is 19.1 Å². The molecule has 0 N–H and O–H groups in total. The van der Waals surface area contributed by atoms with Gasteiger partial charge < -0.3 is 9.26 Å². The fraction of sp³-hybridized carbons (Fsp3) is 0.550. The molecule has 0 unspecified atom stereocenters. The third-order valence-electron chi connectivity index (χ3n) is 4.94. The Hall–Kier alpha value is -2.43. The van der Waals surface area contributed by atoms with Crippen LogP contribution in [0, 0.1) is 6.92 Å². The van der Waals surface area contributed by atoms with Gasteiger partial charge >= 0.3 is 6.18 Å². The number of ketones is 1. The lowest BCUT2D eigenvalue weighted by Crippen LogP contribution is -2.35. The van der Waals surface area contributed by atoms with E-state index < -0.39 is 39.6 Å². The van der Waals surface area contributed by atoms with Crippen molar-refractivity contribution < 1.29 is 35.6 Å². The second-order valence-corrected chi connectivity index (χ2v) is 10.4. The van der Waals surface area contributed by atoms with Crippen LogP contribution in [-0.4, -0.2) is 49.1 Å². The van der Waals surface area contributed by atoms with Crippen LogP contribution in [0.1, 0.15) is 59.7 Å². The fourth-order valence-electron chi connectivity index (χ4n) is 3.50. The highest BCUT2D eigenvalue weighted by Crippen LogP contribution is 2.45. The van der Waals surface area contributed by atoms with Crippen molar-refractivity contribution in [1.29, 1.82) is 0 Å². The second-order valence-electron chi connectivity index (χ2n) is 8.30. The molecular formula is C20H23F3N2O5S. The molecule has 170 valence electrons. The number of carbonyl (C=O) groups is 1. The number of hydrogen-bond acceptors (Lipinski definition) is 7. The van der Waals surface area contributed by atoms with Gasteiger partial charge in [-0.15, -0.1) is 0 Å². The Balaban J connectivity index is 1.89. The van der Waals surface area contributed by atoms with Gasteiger partial charge in [0.1, 0.15) is 15.6 Å². The average molecular weight is 460 g/mol. The zero-order valence-corrected chi connectivity index (χ0v) is 18.1. The van der Waals surface area contributed by atoms with E-state index in [9.17, 15) is 26.4 Å². The number of aryl methyl sites for hydroxylation is 1. The Bertz CT molecular complexity index is 1080. The number of ether oxygens (including phenoxy) is 1. The van der Waals surface area contributed by atoms with Crippen molar-refractivity contribution in [3.63, 3.8) is 0 Å². The molecule has 0 bridgehead atoms. The van der Waals surface area contributed by atoms with E-state index in [0.29, 0.717) is 5.56 Å². The maximum Gasteiger partial charge on any atom is 0.422 e. The van der Waals surface area contributed by atoms with E-state index in [0.717, 1.165) is 19.1 Å². The van der Waals surface area contributed by atoms with Crippen LogP contribution in [0.5, 0.6) is 5.75 Å². The minimum Gasteiger partial charge on any atom is -0.484 e. The number of rotatable bonds is 9. The van der Waals surface area contributed by atoms with Crippen LogP contribution >= 0.6 is 0 Å². The molecule has 1 atom stereocenters. The Morgan fingerprint density at radius 2 is 1.97 bits per heavy atom. The largest absolute Gasteiger partial charge is 0.484 e. The van der Waals surface area contributed by atoms with Gasteiger partial charge in [-0.1, -0.05) is 24.2 Å². The van der Waals surface area contributed by atoms with E-state index in [-0.39, 0.29) is 35.4 Å². The number of alkyl halides is 3. The predicted octanol–water partition coefficient (Wildman–Crippen LogP) is 3.77. The van der Waals surface area contributed by atoms with Crippen LogP contribution < -0.4 is 4.74 Å². The summed E-state index contributed by atoms with van der Waals surface area (Å²) < 4.78 is 71.8. The van der Waals surface area contributed by atoms with Gasteiger partial charge in [-0.05, 0) is 30.4 Å². The molecule has 0 aliphatic heterocycles. The SMILES string of the molecule is Cc1nc([C@](C)(CC(=O)c2ccc(C3CC3)c(OCC(F)(F)F)c2)CS(C)(=O)=O)no1. The van der Waals surface area contributed by atoms with Crippen LogP contribution in [-0.2, 0) is 15.3 Å². The van der Waals surface area contributed by atoms with Crippen molar-refractivity contribution in [2.75, 3.05) is 18.6 Å². The molecule has 1 aliphatic carbocycles. The van der Waals surface area contributed by atoms with Gasteiger partial charge in [0.2, 0.25) is 5.89 Å². The minimum atomic E-state index is -4.51. The van der Waals surface area contributed by atoms with Crippen molar-refractivity contribution in [1.82, 2.24) is 10.1 Å². The molecule has 11 heteroatoms. The Morgan fingerprint density at radius 1 is 1.29 bits per heavy atom. The molecule has 7 nitrogen and oxygen atoms in total. The molecule has 0 radical (unpaired) electrons. The molecule has 1 aromatic heterocycles. The molecule has 1 heterocycles. The highest BCUT2D eigenvalue weighted by atomic mass is 32.2. The van der Waals surface area contributed by atoms with Crippen LogP contribution in [0.4, 0.5) is 13.2 Å². The van der Waals surface area contributed by atoms with E-state index in [1.807, 2.05) is 0 Å². The lowest BCUT2D eigenvalue weighted by Gasteiger charge is -2.24. The molecule has 3 rings (SSSR count). The number of nitrogens with zero attached hydrogens (tertiary/aromatic N) is 2. The first-order chi connectivity index (χ1) is 14.3. The van der Waals surface area contributed by atoms with Gasteiger partial charge in [-0.25, -0.2) is 8.42 Å². The highest BCUT2D eigenvalue weighted by molar-refractivity contribution is 7.90. The lowest BCUT2D eigenvalue weighted by molar-refractivity contribution is -0.153. The maximum absolute atomic E-state index is 13.0. The molecular weight excluding hydrogens is 437 g/mol. The monoisotopic (exact) mass is 460 g/mol. The van der Waals surface area contributed by atoms with Crippen molar-refractivity contribution >= 4 is 15.6 Å². The third-order valence-corrected chi connectivity index (χ3v) is 6.10. The van der Waals surface area contributed by atoms with Gasteiger partial charge in [0.15, 0.2) is 18.2 Å². The van der Waals surface area contributed by atoms with E-state index in [1.54, 1.807) is 13.0 Å². The van der Waals surface area contributed by atoms with Crippen LogP contribution in [0.25, 0.3) is 0 Å². The molecule has 0 amide bonds. The van der Waals surface area contributed by atoms with Crippen LogP contribution in [0.2, 0.25) is 0 Å². The number of carbonyl (C=O) groups excluding carboxylic acids is 1. The van der Waals surface area contributed by atoms with Gasteiger partial charge in [0.25, 0.3) is 0 Å². The summed E-state index contributed by atoms with van der Waals surface area (Å²) in [6, 6.07) is 4.42. The number of halogens is 3. The molecule has 1 fully saturated rings. The summed E-state index contributed by atoms with van der Waals surface area (Å²) in [7, 11) is -3.51. The fourth-order valence-corrected chi connectivity index (χ4v) is 4.89. The summed E-state index contributed by atoms with van der Waals surface area (Å²) in [6.45, 7) is 1.62. The van der Waals surface area contributed by atoms with Crippen molar-refractivity contribution in [2.24, 2.45) is 0 Å². The summed E-state index contributed by atoms with van der Waals surface area (Å²) in [5, 5.41) is 3.79. The second kappa shape index (κ2) is 8.25. The number of aromatic nitrogens is 2. The summed E-state index contributed by atoms with van der Waals surface area (Å²) in [4.78, 5) is 17.1. The molecule has 31 heavy (non-hydrogen) atoms. The Labute approximate surface area is 177 Å². The Kier molecular flexibility index (Phi) is 6.18. The number of benzene rings is 1. The van der Waals surface area contributed by atoms with E-state index >= 15 is 0 Å². The quantitative estimate of drug-likeness (QED) is 0.525. The zero-order chi connectivity index (χ0) is 23.0. The number of hydrogen-bond donors (Lipinski definition) is 0. The van der Waals surface area contributed by atoms with E-state index in [2.05, 4.69) is 10.1 Å². The molecule has 1 aliphatic rings. The first-order valence-corrected chi connectivity index (χ1v) is 11.7. The molecule has 0 spiro atoms. The summed E-state index contributed by atoms with van der Waals surface area (Å²) in [5.41, 5.74) is -0.514. The van der Waals surface area contributed by atoms with Gasteiger partial charge in [-0.2, -0.15) is 18.2 Å². The Morgan fingerprint density at radius 3 is 2.48 bits per heavy atom. The third kappa shape index (κ3) is 6.28. The van der Waals surface area contributed by atoms with Crippen molar-refractivity contribution in [2.45, 2.75) is 50.6 Å². The van der Waals surface area contributed by atoms with Gasteiger partial charge in [0, 0.05) is 25.2 Å². The maximum atomic E-state index is 13.0. The number of Topliss-reactive ketones (excluding diaryl/α,β-unsaturated/α-hetero) is 1. The number of sulfone groups is 1. The standard InChI is InChI=1S/C20H23F3N2O5S/c1-12-24-18(25-30-12)19(2,11-31(3,27)28)9-16(26)14-6-7-15(13-4-5-13)17(8-14)29-10-20(21,22)23/h6-8,13H,4-5,9-11H2,1-3H3/t19-/m1/s1. The first kappa shape index (κ1) is 23.2. The van der Waals surface area contributed by atoms with Crippen LogP contribution in [0.3, 0.4) is 0 Å². The van der Waals surface area contributed by atoms with Crippen LogP contribution in [0.15, 0.2) is 22.7 Å². The van der Waals surface area contributed by atoms with E-state index in [4.69, 9.17) is 9.26 Å². The summed E-state index contributed by atoms with van der Waals surface area (Å²) >= 11 is 0. The normalized spacial score (nSPS) is 16.7. The molecule has 0 saturated heterocycles. The predicted molar refractivity (Wildman–Crippen MR) is 105 cm³/mol. The smallest absolute Gasteiger partial charge is 0.422 e. The highest BCUT2D eigenvalue weighted by Gasteiger charge is 2.38. The lowest BCUT2D eigenvalue weighted by atomic mass is 9.84. The molecule has 2 aromatic rings. The van der Waals surface area contributed by atoms with Gasteiger partial charge in [0.05, 0.1) is 11.2 Å². The summed E-state index contributed by atoms with van der Waals surface area (Å²) in [6.07, 6.45) is -2.05. The minimum absolute atomic E-state index is 0.0193. The summed E-state index contributed by atoms with van der Waals surface area (Å²) in [5.74, 6) is -0.433. The topological polar surface area (TPSA) is 99.4 Å². The van der Waals surface area contributed by atoms with Crippen molar-refractivity contribution in [3.8, 4) is 5.75 Å². The van der Waals surface area contributed by atoms with Crippen molar-refractivity contribution in [3.05, 3.63) is 41.0 Å². The van der Waals surface area contributed by atoms with Gasteiger partial charge in [-0.3, -0.25) is 4.79 Å². The molecule has 1 saturated carbocycles. The first-order valence-electron chi connectivity index (χ1n) is 9.61.